The van der Waals surface area contributed by atoms with Gasteiger partial charge in [0, 0.05) is 12.3 Å². The third kappa shape index (κ3) is 3.90. The fourth-order valence-corrected chi connectivity index (χ4v) is 2.50. The Morgan fingerprint density at radius 1 is 1.43 bits per heavy atom. The Bertz CT molecular complexity index is 615. The molecular weight excluding hydrogens is 320 g/mol. The second-order valence-electron chi connectivity index (χ2n) is 6.73. The predicted octanol–water partition coefficient (Wildman–Crippen LogP) is 3.04. The Morgan fingerprint density at radius 2 is 2.09 bits per heavy atom. The van der Waals surface area contributed by atoms with Crippen molar-refractivity contribution in [2.75, 3.05) is 5.01 Å². The van der Waals surface area contributed by atoms with E-state index in [0.29, 0.717) is 5.82 Å². The summed E-state index contributed by atoms with van der Waals surface area (Å²) in [5.74, 6) is 0.188. The van der Waals surface area contributed by atoms with E-state index in [1.54, 1.807) is 31.8 Å². The van der Waals surface area contributed by atoms with Crippen LogP contribution in [0.4, 0.5) is 10.6 Å². The first kappa shape index (κ1) is 17.5. The van der Waals surface area contributed by atoms with Crippen LogP contribution in [0.3, 0.4) is 0 Å². The van der Waals surface area contributed by atoms with Crippen molar-refractivity contribution in [3.63, 3.8) is 0 Å². The lowest BCUT2D eigenvalue weighted by molar-refractivity contribution is -0.127. The summed E-state index contributed by atoms with van der Waals surface area (Å²) in [6.07, 6.45) is 0.969. The third-order valence-electron chi connectivity index (χ3n) is 3.33. The number of halogens is 1. The molecule has 0 aromatic carbocycles. The van der Waals surface area contributed by atoms with Crippen LogP contribution in [-0.4, -0.2) is 38.6 Å². The van der Waals surface area contributed by atoms with E-state index in [-0.39, 0.29) is 29.6 Å². The average Bonchev–Trinajstić information content (AvgIpc) is 2.74. The van der Waals surface area contributed by atoms with Crippen LogP contribution in [0, 0.1) is 5.92 Å². The monoisotopic (exact) mass is 340 g/mol. The highest BCUT2D eigenvalue weighted by Crippen LogP contribution is 2.31. The van der Waals surface area contributed by atoms with Gasteiger partial charge in [-0.25, -0.2) is 9.78 Å². The molecule has 1 fully saturated rings. The zero-order chi connectivity index (χ0) is 17.4. The zero-order valence-electron chi connectivity index (χ0n) is 13.9. The van der Waals surface area contributed by atoms with Crippen molar-refractivity contribution in [1.82, 2.24) is 15.0 Å². The van der Waals surface area contributed by atoms with Gasteiger partial charge in [0.1, 0.15) is 5.60 Å². The van der Waals surface area contributed by atoms with Crippen LogP contribution < -0.4 is 5.01 Å². The van der Waals surface area contributed by atoms with Crippen LogP contribution in [0.1, 0.15) is 41.0 Å². The molecule has 2 heterocycles. The molecule has 1 aromatic heterocycles. The van der Waals surface area contributed by atoms with Gasteiger partial charge in [0.25, 0.3) is 5.91 Å². The van der Waals surface area contributed by atoms with E-state index < -0.39 is 11.7 Å². The summed E-state index contributed by atoms with van der Waals surface area (Å²) in [6, 6.07) is 1.40. The fraction of sp³-hybridized carbons (Fsp3) is 0.600. The summed E-state index contributed by atoms with van der Waals surface area (Å²) in [7, 11) is 0. The number of ether oxygens (including phenoxy) is 1. The van der Waals surface area contributed by atoms with Gasteiger partial charge < -0.3 is 4.74 Å². The Kier molecular flexibility index (Phi) is 4.79. The fourth-order valence-electron chi connectivity index (χ4n) is 2.36. The molecule has 2 rings (SSSR count). The maximum atomic E-state index is 12.5. The van der Waals surface area contributed by atoms with Gasteiger partial charge >= 0.3 is 6.09 Å². The van der Waals surface area contributed by atoms with Gasteiger partial charge in [0.05, 0.1) is 12.5 Å². The number of carbonyl (C=O) groups excluding carboxylic acids is 2. The molecule has 0 spiro atoms. The summed E-state index contributed by atoms with van der Waals surface area (Å²) in [5, 5.41) is 2.61. The Morgan fingerprint density at radius 3 is 2.61 bits per heavy atom. The van der Waals surface area contributed by atoms with E-state index in [2.05, 4.69) is 9.97 Å². The number of hydrogen-bond acceptors (Lipinski definition) is 6. The normalized spacial score (nSPS) is 18.7. The first-order valence-corrected chi connectivity index (χ1v) is 7.81. The van der Waals surface area contributed by atoms with Gasteiger partial charge in [0.15, 0.2) is 5.82 Å². The van der Waals surface area contributed by atoms with E-state index in [1.165, 1.54) is 6.20 Å². The summed E-state index contributed by atoms with van der Waals surface area (Å²) < 4.78 is 5.35. The number of imide groups is 1. The Balaban J connectivity index is 2.41. The number of rotatable bonds is 2. The number of carbonyl (C=O) groups is 2. The highest BCUT2D eigenvalue weighted by atomic mass is 35.5. The first-order valence-electron chi connectivity index (χ1n) is 7.44. The van der Waals surface area contributed by atoms with Crippen molar-refractivity contribution in [3.8, 4) is 0 Å². The molecule has 0 N–H and O–H groups in total. The van der Waals surface area contributed by atoms with Gasteiger partial charge in [-0.05, 0) is 38.3 Å². The van der Waals surface area contributed by atoms with Crippen LogP contribution >= 0.6 is 11.6 Å². The molecule has 7 nitrogen and oxygen atoms in total. The minimum absolute atomic E-state index is 0.0495. The minimum Gasteiger partial charge on any atom is -0.442 e. The molecule has 1 aromatic rings. The second-order valence-corrected chi connectivity index (χ2v) is 7.07. The van der Waals surface area contributed by atoms with E-state index in [1.807, 2.05) is 13.8 Å². The predicted molar refractivity (Wildman–Crippen MR) is 85.8 cm³/mol. The lowest BCUT2D eigenvalue weighted by atomic mass is 10.0. The van der Waals surface area contributed by atoms with Crippen LogP contribution in [-0.2, 0) is 9.53 Å². The summed E-state index contributed by atoms with van der Waals surface area (Å²) in [5.41, 5.74) is -0.706. The third-order valence-corrected chi connectivity index (χ3v) is 3.51. The largest absolute Gasteiger partial charge is 0.442 e. The number of nitrogens with zero attached hydrogens (tertiary/aromatic N) is 4. The molecule has 1 unspecified atom stereocenters. The summed E-state index contributed by atoms with van der Waals surface area (Å²) in [4.78, 5) is 32.8. The lowest BCUT2D eigenvalue weighted by Crippen LogP contribution is -2.50. The summed E-state index contributed by atoms with van der Waals surface area (Å²) in [6.45, 7) is 9.20. The van der Waals surface area contributed by atoms with Crippen molar-refractivity contribution in [2.24, 2.45) is 5.92 Å². The lowest BCUT2D eigenvalue weighted by Gasteiger charge is -2.34. The van der Waals surface area contributed by atoms with Crippen molar-refractivity contribution in [2.45, 2.75) is 52.7 Å². The maximum absolute atomic E-state index is 12.5. The molecule has 23 heavy (non-hydrogen) atoms. The van der Waals surface area contributed by atoms with Gasteiger partial charge in [0.2, 0.25) is 5.28 Å². The standard InChI is InChI=1S/C15H21ClN4O3/c1-9(2)10-8-12(21)20(14(22)23-15(3,4)5)19(10)11-6-7-17-13(16)18-11/h6-7,9-10H,8H2,1-5H3. The molecule has 1 atom stereocenters. The molecule has 8 heteroatoms. The van der Waals surface area contributed by atoms with Crippen LogP contribution in [0.25, 0.3) is 0 Å². The quantitative estimate of drug-likeness (QED) is 0.770. The zero-order valence-corrected chi connectivity index (χ0v) is 14.7. The smallest absolute Gasteiger partial charge is 0.436 e. The average molecular weight is 341 g/mol. The number of hydrazine groups is 1. The maximum Gasteiger partial charge on any atom is 0.436 e. The van der Waals surface area contributed by atoms with Crippen molar-refractivity contribution in [1.29, 1.82) is 0 Å². The van der Waals surface area contributed by atoms with Crippen LogP contribution in [0.5, 0.6) is 0 Å². The van der Waals surface area contributed by atoms with Crippen molar-refractivity contribution in [3.05, 3.63) is 17.5 Å². The van der Waals surface area contributed by atoms with Gasteiger partial charge in [-0.1, -0.05) is 13.8 Å². The Labute approximate surface area is 140 Å². The highest BCUT2D eigenvalue weighted by molar-refractivity contribution is 6.28. The van der Waals surface area contributed by atoms with Crippen LogP contribution in [0.15, 0.2) is 12.3 Å². The molecule has 0 aliphatic carbocycles. The topological polar surface area (TPSA) is 75.6 Å². The number of hydrogen-bond donors (Lipinski definition) is 0. The molecule has 0 bridgehead atoms. The van der Waals surface area contributed by atoms with Gasteiger partial charge in [-0.3, -0.25) is 9.80 Å². The molecule has 1 saturated heterocycles. The van der Waals surface area contributed by atoms with E-state index in [9.17, 15) is 9.59 Å². The van der Waals surface area contributed by atoms with Crippen molar-refractivity contribution < 1.29 is 14.3 Å². The highest BCUT2D eigenvalue weighted by Gasteiger charge is 2.45. The molecule has 126 valence electrons. The number of aromatic nitrogens is 2. The molecular formula is C15H21ClN4O3. The molecule has 1 aliphatic heterocycles. The Hall–Kier alpha value is -1.89. The van der Waals surface area contributed by atoms with Gasteiger partial charge in [-0.2, -0.15) is 4.98 Å². The van der Waals surface area contributed by atoms with E-state index in [4.69, 9.17) is 16.3 Å². The number of amides is 2. The van der Waals surface area contributed by atoms with Crippen LogP contribution in [0.2, 0.25) is 5.28 Å². The van der Waals surface area contributed by atoms with Gasteiger partial charge in [-0.15, -0.1) is 5.01 Å². The SMILES string of the molecule is CC(C)C1CC(=O)N(C(=O)OC(C)(C)C)N1c1ccnc(Cl)n1. The first-order chi connectivity index (χ1) is 10.6. The molecule has 2 amide bonds. The molecule has 0 radical (unpaired) electrons. The molecule has 0 saturated carbocycles. The van der Waals surface area contributed by atoms with E-state index >= 15 is 0 Å². The van der Waals surface area contributed by atoms with Crippen molar-refractivity contribution >= 4 is 29.4 Å². The minimum atomic E-state index is -0.722. The second kappa shape index (κ2) is 6.31. The number of anilines is 1. The molecule has 1 aliphatic rings. The van der Waals surface area contributed by atoms with E-state index in [0.717, 1.165) is 5.01 Å². The summed E-state index contributed by atoms with van der Waals surface area (Å²) >= 11 is 5.85.